The zero-order chi connectivity index (χ0) is 15.5. The molecule has 2 aromatic rings. The van der Waals surface area contributed by atoms with Gasteiger partial charge in [0.2, 0.25) is 0 Å². The first-order chi connectivity index (χ1) is 9.94. The van der Waals surface area contributed by atoms with Crippen molar-refractivity contribution in [2.45, 2.75) is 12.8 Å². The molecule has 6 heteroatoms. The predicted molar refractivity (Wildman–Crippen MR) is 69.3 cm³/mol. The fourth-order valence-electron chi connectivity index (χ4n) is 1.77. The van der Waals surface area contributed by atoms with Crippen molar-refractivity contribution in [2.24, 2.45) is 0 Å². The number of ether oxygens (including phenoxy) is 1. The number of halogens is 3. The van der Waals surface area contributed by atoms with E-state index in [0.29, 0.717) is 11.8 Å². The van der Waals surface area contributed by atoms with Gasteiger partial charge in [-0.25, -0.2) is 0 Å². The van der Waals surface area contributed by atoms with E-state index < -0.39 is 17.5 Å². The average molecular weight is 296 g/mol. The molecule has 0 saturated carbocycles. The molecule has 110 valence electrons. The van der Waals surface area contributed by atoms with Gasteiger partial charge in [-0.15, -0.1) is 0 Å². The molecule has 0 radical (unpaired) electrons. The summed E-state index contributed by atoms with van der Waals surface area (Å²) in [7, 11) is 0. The van der Waals surface area contributed by atoms with Crippen molar-refractivity contribution in [3.63, 3.8) is 0 Å². The molecule has 2 rings (SSSR count). The largest absolute Gasteiger partial charge is 0.457 e. The summed E-state index contributed by atoms with van der Waals surface area (Å²) in [6, 6.07) is 9.17. The molecule has 0 amide bonds. The predicted octanol–water partition coefficient (Wildman–Crippen LogP) is 3.80. The summed E-state index contributed by atoms with van der Waals surface area (Å²) in [5, 5.41) is 9.01. The zero-order valence-corrected chi connectivity index (χ0v) is 10.7. The smallest absolute Gasteiger partial charge is 0.420 e. The van der Waals surface area contributed by atoms with Crippen molar-refractivity contribution in [3.05, 3.63) is 59.2 Å². The fraction of sp³-hybridized carbons (Fsp3) is 0.133. The summed E-state index contributed by atoms with van der Waals surface area (Å²) in [5.41, 5.74) is -0.592. The van der Waals surface area contributed by atoms with Gasteiger partial charge in [0, 0.05) is 5.56 Å². The maximum atomic E-state index is 13.0. The van der Waals surface area contributed by atoms with E-state index in [1.54, 1.807) is 12.1 Å². The van der Waals surface area contributed by atoms with Crippen molar-refractivity contribution >= 4 is 6.29 Å². The number of aldehydes is 1. The number of benzene rings is 2. The van der Waals surface area contributed by atoms with Crippen LogP contribution in [0.5, 0.6) is 11.5 Å². The molecule has 0 atom stereocenters. The Morgan fingerprint density at radius 2 is 1.90 bits per heavy atom. The van der Waals surface area contributed by atoms with Crippen LogP contribution in [0.4, 0.5) is 13.2 Å². The maximum absolute atomic E-state index is 13.0. The molecule has 0 heterocycles. The second-order valence-corrected chi connectivity index (χ2v) is 4.28. The lowest BCUT2D eigenvalue weighted by atomic mass is 10.1. The van der Waals surface area contributed by atoms with Gasteiger partial charge in [-0.1, -0.05) is 12.1 Å². The summed E-state index contributed by atoms with van der Waals surface area (Å²) in [4.78, 5) is 10.6. The number of rotatable bonds is 4. The standard InChI is InChI=1S/C15H11F3O3/c16-15(17,18)13-7-11(9-20)4-5-14(13)21-12-3-1-2-10(6-12)8-19/h1-7,9,19H,8H2. The SMILES string of the molecule is O=Cc1ccc(Oc2cccc(CO)c2)c(C(F)(F)F)c1. The van der Waals surface area contributed by atoms with Gasteiger partial charge in [0.15, 0.2) is 0 Å². The lowest BCUT2D eigenvalue weighted by Gasteiger charge is -2.14. The third-order valence-electron chi connectivity index (χ3n) is 2.75. The molecule has 0 aromatic heterocycles. The first kappa shape index (κ1) is 15.1. The summed E-state index contributed by atoms with van der Waals surface area (Å²) >= 11 is 0. The molecule has 0 bridgehead atoms. The van der Waals surface area contributed by atoms with Gasteiger partial charge in [0.25, 0.3) is 0 Å². The van der Waals surface area contributed by atoms with Gasteiger partial charge in [0.05, 0.1) is 12.2 Å². The van der Waals surface area contributed by atoms with Crippen LogP contribution >= 0.6 is 0 Å². The highest BCUT2D eigenvalue weighted by Gasteiger charge is 2.34. The Labute approximate surface area is 118 Å². The number of aliphatic hydroxyl groups excluding tert-OH is 1. The van der Waals surface area contributed by atoms with Gasteiger partial charge < -0.3 is 9.84 Å². The maximum Gasteiger partial charge on any atom is 0.420 e. The van der Waals surface area contributed by atoms with Gasteiger partial charge in [-0.3, -0.25) is 4.79 Å². The summed E-state index contributed by atoms with van der Waals surface area (Å²) < 4.78 is 44.2. The van der Waals surface area contributed by atoms with Crippen LogP contribution in [0.3, 0.4) is 0 Å². The highest BCUT2D eigenvalue weighted by atomic mass is 19.4. The van der Waals surface area contributed by atoms with E-state index in [1.165, 1.54) is 18.2 Å². The van der Waals surface area contributed by atoms with Crippen LogP contribution in [0.15, 0.2) is 42.5 Å². The van der Waals surface area contributed by atoms with Crippen molar-refractivity contribution in [2.75, 3.05) is 0 Å². The Morgan fingerprint density at radius 1 is 1.14 bits per heavy atom. The molecule has 0 aliphatic carbocycles. The van der Waals surface area contributed by atoms with Crippen molar-refractivity contribution < 1.29 is 27.8 Å². The number of hydrogen-bond acceptors (Lipinski definition) is 3. The molecule has 1 N–H and O–H groups in total. The van der Waals surface area contributed by atoms with Crippen LogP contribution in [-0.2, 0) is 12.8 Å². The summed E-state index contributed by atoms with van der Waals surface area (Å²) in [5.74, 6) is -0.228. The normalized spacial score (nSPS) is 11.2. The Hall–Kier alpha value is -2.34. The van der Waals surface area contributed by atoms with Crippen molar-refractivity contribution in [1.82, 2.24) is 0 Å². The minimum atomic E-state index is -4.64. The number of hydrogen-bond donors (Lipinski definition) is 1. The molecule has 0 saturated heterocycles. The van der Waals surface area contributed by atoms with Crippen molar-refractivity contribution in [3.8, 4) is 11.5 Å². The van der Waals surface area contributed by atoms with Crippen LogP contribution < -0.4 is 4.74 Å². The van der Waals surface area contributed by atoms with Gasteiger partial charge in [-0.2, -0.15) is 13.2 Å². The molecule has 21 heavy (non-hydrogen) atoms. The highest BCUT2D eigenvalue weighted by molar-refractivity contribution is 5.75. The van der Waals surface area contributed by atoms with Crippen LogP contribution in [0.1, 0.15) is 21.5 Å². The molecule has 0 unspecified atom stereocenters. The number of carbonyl (C=O) groups is 1. The Morgan fingerprint density at radius 3 is 2.52 bits per heavy atom. The van der Waals surface area contributed by atoms with Crippen molar-refractivity contribution in [1.29, 1.82) is 0 Å². The minimum absolute atomic E-state index is 0.0845. The summed E-state index contributed by atoms with van der Waals surface area (Å²) in [6.45, 7) is -0.243. The third kappa shape index (κ3) is 3.61. The van der Waals surface area contributed by atoms with Crippen LogP contribution in [0, 0.1) is 0 Å². The van der Waals surface area contributed by atoms with E-state index in [9.17, 15) is 18.0 Å². The summed E-state index contributed by atoms with van der Waals surface area (Å²) in [6.07, 6.45) is -4.30. The average Bonchev–Trinajstić information content (AvgIpc) is 2.46. The number of carbonyl (C=O) groups excluding carboxylic acids is 1. The third-order valence-corrected chi connectivity index (χ3v) is 2.75. The van der Waals surface area contributed by atoms with Crippen LogP contribution in [0.25, 0.3) is 0 Å². The molecule has 0 aliphatic rings. The quantitative estimate of drug-likeness (QED) is 0.873. The van der Waals surface area contributed by atoms with E-state index in [2.05, 4.69) is 0 Å². The molecule has 0 fully saturated rings. The molecule has 2 aromatic carbocycles. The first-order valence-electron chi connectivity index (χ1n) is 5.98. The Bertz CT molecular complexity index is 651. The van der Waals surface area contributed by atoms with Crippen LogP contribution in [-0.4, -0.2) is 11.4 Å². The van der Waals surface area contributed by atoms with E-state index in [0.717, 1.165) is 12.1 Å². The van der Waals surface area contributed by atoms with E-state index in [-0.39, 0.29) is 17.9 Å². The number of alkyl halides is 3. The lowest BCUT2D eigenvalue weighted by molar-refractivity contribution is -0.138. The number of aliphatic hydroxyl groups is 1. The molecule has 3 nitrogen and oxygen atoms in total. The van der Waals surface area contributed by atoms with E-state index in [1.807, 2.05) is 0 Å². The monoisotopic (exact) mass is 296 g/mol. The Kier molecular flexibility index (Phi) is 4.28. The molecule has 0 spiro atoms. The highest BCUT2D eigenvalue weighted by Crippen LogP contribution is 2.38. The topological polar surface area (TPSA) is 46.5 Å². The van der Waals surface area contributed by atoms with Gasteiger partial charge in [0.1, 0.15) is 17.8 Å². The van der Waals surface area contributed by atoms with E-state index in [4.69, 9.17) is 9.84 Å². The van der Waals surface area contributed by atoms with Gasteiger partial charge in [-0.05, 0) is 35.9 Å². The Balaban J connectivity index is 2.41. The second-order valence-electron chi connectivity index (χ2n) is 4.28. The molecule has 0 aliphatic heterocycles. The van der Waals surface area contributed by atoms with Crippen LogP contribution in [0.2, 0.25) is 0 Å². The molecular weight excluding hydrogens is 285 g/mol. The zero-order valence-electron chi connectivity index (χ0n) is 10.7. The van der Waals surface area contributed by atoms with E-state index >= 15 is 0 Å². The van der Waals surface area contributed by atoms with Gasteiger partial charge >= 0.3 is 6.18 Å². The second kappa shape index (κ2) is 5.97. The lowest BCUT2D eigenvalue weighted by Crippen LogP contribution is -2.08. The first-order valence-corrected chi connectivity index (χ1v) is 5.98. The molecular formula is C15H11F3O3. The fourth-order valence-corrected chi connectivity index (χ4v) is 1.77. The minimum Gasteiger partial charge on any atom is -0.457 e.